The molecule has 29 nitrogen and oxygen atoms in total. The highest BCUT2D eigenvalue weighted by Gasteiger charge is 2.56. The maximum absolute atomic E-state index is 12.9. The molecule has 3 aliphatic rings. The van der Waals surface area contributed by atoms with Crippen LogP contribution in [-0.2, 0) is 99.1 Å². The average Bonchev–Trinajstić information content (AvgIpc) is 3.81. The molecule has 5 amide bonds. The Balaban J connectivity index is 0.000000368. The number of aliphatic carboxylic acids is 1. The first-order valence-corrected chi connectivity index (χ1v) is 25.5. The lowest BCUT2D eigenvalue weighted by molar-refractivity contribution is -0.282. The van der Waals surface area contributed by atoms with E-state index in [0.717, 1.165) is 32.8 Å². The van der Waals surface area contributed by atoms with Crippen LogP contribution in [-0.4, -0.2) is 183 Å². The Morgan fingerprint density at radius 2 is 1.24 bits per heavy atom. The van der Waals surface area contributed by atoms with Crippen LogP contribution in [0.5, 0.6) is 11.5 Å². The minimum atomic E-state index is -1.89. The first-order chi connectivity index (χ1) is 38.6. The topological polar surface area (TPSA) is 411 Å². The minimum Gasteiger partial charge on any atom is -0.483 e. The molecule has 0 aromatic heterocycles. The van der Waals surface area contributed by atoms with Gasteiger partial charge in [0, 0.05) is 72.7 Å². The third kappa shape index (κ3) is 19.3. The summed E-state index contributed by atoms with van der Waals surface area (Å²) in [5.74, 6) is -7.42. The molecule has 29 heteroatoms. The molecular formula is C53H68N4O25. The average molecular weight is 1160 g/mol. The molecule has 10 unspecified atom stereocenters. The zero-order chi connectivity index (χ0) is 61.2. The largest absolute Gasteiger partial charge is 0.483 e. The third-order valence-electron chi connectivity index (χ3n) is 12.2. The number of ether oxygens (including phenoxy) is 9. The summed E-state index contributed by atoms with van der Waals surface area (Å²) >= 11 is 0. The highest BCUT2D eigenvalue weighted by atomic mass is 16.7. The van der Waals surface area contributed by atoms with Crippen LogP contribution in [0.2, 0.25) is 0 Å². The number of carbonyl (C=O) groups is 11. The van der Waals surface area contributed by atoms with E-state index in [1.807, 2.05) is 0 Å². The Morgan fingerprint density at radius 3 is 1.83 bits per heavy atom. The van der Waals surface area contributed by atoms with Crippen molar-refractivity contribution in [2.75, 3.05) is 30.8 Å². The molecule has 3 heterocycles. The molecule has 450 valence electrons. The smallest absolute Gasteiger partial charge is 0.339 e. The zero-order valence-electron chi connectivity index (χ0n) is 46.1. The number of hydrogen-bond donors (Lipinski definition) is 8. The van der Waals surface area contributed by atoms with Gasteiger partial charge in [-0.2, -0.15) is 0 Å². The third-order valence-corrected chi connectivity index (χ3v) is 12.2. The first kappa shape index (κ1) is 66.4. The summed E-state index contributed by atoms with van der Waals surface area (Å²) in [5.41, 5.74) is -0.320. The maximum Gasteiger partial charge on any atom is 0.339 e. The maximum atomic E-state index is 12.9. The molecule has 2 aromatic rings. The van der Waals surface area contributed by atoms with E-state index in [-0.39, 0.29) is 79.7 Å². The number of nitrogens with zero attached hydrogens (tertiary/aromatic N) is 1. The predicted molar refractivity (Wildman–Crippen MR) is 276 cm³/mol. The van der Waals surface area contributed by atoms with Crippen molar-refractivity contribution in [1.82, 2.24) is 10.2 Å². The van der Waals surface area contributed by atoms with E-state index in [1.54, 1.807) is 6.07 Å². The van der Waals surface area contributed by atoms with Crippen LogP contribution in [0, 0.1) is 0 Å². The molecule has 2 aromatic carbocycles. The van der Waals surface area contributed by atoms with E-state index in [1.165, 1.54) is 70.2 Å². The monoisotopic (exact) mass is 1160 g/mol. The molecule has 10 atom stereocenters. The summed E-state index contributed by atoms with van der Waals surface area (Å²) in [4.78, 5) is 132. The molecule has 0 bridgehead atoms. The summed E-state index contributed by atoms with van der Waals surface area (Å²) in [6, 6.07) is 8.83. The number of amides is 5. The van der Waals surface area contributed by atoms with Crippen LogP contribution in [0.1, 0.15) is 91.7 Å². The molecule has 82 heavy (non-hydrogen) atoms. The number of hydrogen-bond acceptors (Lipinski definition) is 24. The molecule has 8 N–H and O–H groups in total. The van der Waals surface area contributed by atoms with Gasteiger partial charge in [0.1, 0.15) is 48.1 Å². The summed E-state index contributed by atoms with van der Waals surface area (Å²) in [7, 11) is 1.06. The number of benzene rings is 2. The van der Waals surface area contributed by atoms with Gasteiger partial charge in [-0.1, -0.05) is 18.6 Å². The van der Waals surface area contributed by atoms with Gasteiger partial charge < -0.3 is 84.1 Å². The predicted octanol–water partition coefficient (Wildman–Crippen LogP) is -0.0189. The van der Waals surface area contributed by atoms with Crippen molar-refractivity contribution in [3.8, 4) is 11.5 Å². The molecule has 0 saturated carbocycles. The lowest BCUT2D eigenvalue weighted by Gasteiger charge is -2.45. The SMILES string of the molecule is CC(=O)OCc1ccc(OC(C)(C)C2OC(C(=O)O)C(O)C(O)C2O)c(NC(=O)CCNC(=O)CCCCCN2C(=O)C=CC2=O)c1.COC(=O)C1OC(Oc2ccc(CO)cc2NC(C)=O)C(OC(C)=O)C(OC(C)=O)C1OC(C)=O. The molecule has 2 saturated heterocycles. The van der Waals surface area contributed by atoms with Crippen molar-refractivity contribution in [2.24, 2.45) is 0 Å². The number of imide groups is 1. The second-order valence-corrected chi connectivity index (χ2v) is 19.2. The minimum absolute atomic E-state index is 0.00989. The number of methoxy groups -OCH3 is 1. The summed E-state index contributed by atoms with van der Waals surface area (Å²) in [6.07, 6.45) is -12.3. The summed E-state index contributed by atoms with van der Waals surface area (Å²) in [5, 5.41) is 57.6. The van der Waals surface area contributed by atoms with Crippen molar-refractivity contribution in [3.63, 3.8) is 0 Å². The van der Waals surface area contributed by atoms with E-state index in [2.05, 4.69) is 16.0 Å². The van der Waals surface area contributed by atoms with Gasteiger partial charge >= 0.3 is 35.8 Å². The van der Waals surface area contributed by atoms with Crippen molar-refractivity contribution in [2.45, 2.75) is 161 Å². The van der Waals surface area contributed by atoms with Gasteiger partial charge in [0.25, 0.3) is 11.8 Å². The van der Waals surface area contributed by atoms with E-state index in [0.29, 0.717) is 30.4 Å². The number of nitrogens with one attached hydrogen (secondary N) is 3. The Morgan fingerprint density at radius 1 is 0.659 bits per heavy atom. The van der Waals surface area contributed by atoms with Crippen molar-refractivity contribution in [1.29, 1.82) is 0 Å². The van der Waals surface area contributed by atoms with Crippen LogP contribution in [0.25, 0.3) is 0 Å². The van der Waals surface area contributed by atoms with Gasteiger partial charge in [-0.15, -0.1) is 0 Å². The van der Waals surface area contributed by atoms with E-state index >= 15 is 0 Å². The molecule has 2 fully saturated rings. The van der Waals surface area contributed by atoms with Gasteiger partial charge in [0.05, 0.1) is 25.1 Å². The second-order valence-electron chi connectivity index (χ2n) is 19.2. The summed E-state index contributed by atoms with van der Waals surface area (Å²) < 4.78 is 48.6. The fourth-order valence-corrected chi connectivity index (χ4v) is 8.40. The van der Waals surface area contributed by atoms with E-state index in [4.69, 9.17) is 42.6 Å². The number of anilines is 2. The molecule has 3 aliphatic heterocycles. The number of aliphatic hydroxyl groups excluding tert-OH is 4. The quantitative estimate of drug-likeness (QED) is 0.0296. The molecular weight excluding hydrogens is 1090 g/mol. The molecule has 0 spiro atoms. The van der Waals surface area contributed by atoms with Gasteiger partial charge in [0.2, 0.25) is 30.1 Å². The first-order valence-electron chi connectivity index (χ1n) is 25.5. The highest BCUT2D eigenvalue weighted by molar-refractivity contribution is 6.12. The lowest BCUT2D eigenvalue weighted by atomic mass is 9.86. The number of carboxylic acid groups (broad SMARTS) is 1. The Hall–Kier alpha value is -8.09. The lowest BCUT2D eigenvalue weighted by Crippen LogP contribution is -2.65. The number of aliphatic hydroxyl groups is 4. The number of rotatable bonds is 24. The highest BCUT2D eigenvalue weighted by Crippen LogP contribution is 2.37. The van der Waals surface area contributed by atoms with Crippen LogP contribution in [0.4, 0.5) is 11.4 Å². The number of esters is 5. The van der Waals surface area contributed by atoms with Gasteiger partial charge in [-0.3, -0.25) is 48.1 Å². The van der Waals surface area contributed by atoms with Gasteiger partial charge in [0.15, 0.2) is 24.4 Å². The normalized spacial score (nSPS) is 23.0. The summed E-state index contributed by atoms with van der Waals surface area (Å²) in [6.45, 7) is 8.46. The number of carbonyl (C=O) groups excluding carboxylic acids is 10. The number of carboxylic acids is 1. The molecule has 5 rings (SSSR count). The standard InChI is InChI=1S/C31H41N3O13.C22H27NO12/c1-17(35)45-16-18-8-9-20(47-31(2,3)29-27(42)25(40)26(41)28(46-29)30(43)44)19(15-18)33-22(37)12-13-32-21(36)7-5-4-6-14-34-23(38)10-11-24(34)39;1-10(25)23-15-8-14(9-24)6-7-16(15)34-22-20(33-13(4)28)18(32-12(3)27)17(31-11(2)26)19(35-22)21(29)30-5/h8-11,15,25-29,40-42H,4-7,12-14,16H2,1-3H3,(H,32,36)(H,33,37)(H,43,44);6-8,17-20,22,24H,9H2,1-5H3,(H,23,25). The molecule has 0 radical (unpaired) electrons. The van der Waals surface area contributed by atoms with Crippen molar-refractivity contribution >= 4 is 76.7 Å². The van der Waals surface area contributed by atoms with E-state index < -0.39 is 114 Å². The van der Waals surface area contributed by atoms with Crippen LogP contribution >= 0.6 is 0 Å². The second kappa shape index (κ2) is 30.6. The van der Waals surface area contributed by atoms with Crippen molar-refractivity contribution < 1.29 is 121 Å². The van der Waals surface area contributed by atoms with Crippen LogP contribution < -0.4 is 25.4 Å². The number of unbranched alkanes of at least 4 members (excludes halogenated alkanes) is 2. The van der Waals surface area contributed by atoms with Gasteiger partial charge in [-0.25, -0.2) is 9.59 Å². The Kier molecular flexibility index (Phi) is 24.8. The fourth-order valence-electron chi connectivity index (χ4n) is 8.40. The molecule has 0 aliphatic carbocycles. The van der Waals surface area contributed by atoms with E-state index in [9.17, 15) is 78.3 Å². The van der Waals surface area contributed by atoms with Crippen LogP contribution in [0.3, 0.4) is 0 Å². The van der Waals surface area contributed by atoms with Crippen LogP contribution in [0.15, 0.2) is 48.6 Å². The van der Waals surface area contributed by atoms with Gasteiger partial charge in [-0.05, 0) is 62.1 Å². The fraction of sp³-hybridized carbons (Fsp3) is 0.528. The zero-order valence-corrected chi connectivity index (χ0v) is 46.1. The Labute approximate surface area is 469 Å². The van der Waals surface area contributed by atoms with Crippen molar-refractivity contribution in [3.05, 3.63) is 59.7 Å². The Bertz CT molecular complexity index is 2690.